The molecule has 1 N–H and O–H groups in total. The second-order valence-corrected chi connectivity index (χ2v) is 6.31. The highest BCUT2D eigenvalue weighted by molar-refractivity contribution is 4.94. The first-order chi connectivity index (χ1) is 7.03. The Morgan fingerprint density at radius 3 is 2.53 bits per heavy atom. The Bertz CT molecular complexity index is 221. The largest absolute Gasteiger partial charge is 0.390 e. The lowest BCUT2D eigenvalue weighted by atomic mass is 9.76. The topological polar surface area (TPSA) is 20.2 Å². The maximum Gasteiger partial charge on any atom is 0.0647 e. The summed E-state index contributed by atoms with van der Waals surface area (Å²) in [6, 6.07) is 0. The third-order valence-corrected chi connectivity index (χ3v) is 5.23. The molecule has 0 amide bonds. The van der Waals surface area contributed by atoms with Gasteiger partial charge in [0, 0.05) is 0 Å². The molecule has 1 nitrogen and oxygen atoms in total. The van der Waals surface area contributed by atoms with Crippen LogP contribution in [-0.4, -0.2) is 10.7 Å². The molecule has 0 spiro atoms. The van der Waals surface area contributed by atoms with E-state index in [2.05, 4.69) is 13.8 Å². The standard InChI is InChI=1S/C14H26O/c1-4-10(2)14(3,15)9-13-8-11-5-6-12(13)7-11/h10-13,15H,4-9H2,1-3H3. The number of fused-ring (bicyclic) bond motifs is 2. The van der Waals surface area contributed by atoms with Crippen LogP contribution in [0.15, 0.2) is 0 Å². The van der Waals surface area contributed by atoms with Crippen molar-refractivity contribution in [2.75, 3.05) is 0 Å². The predicted molar refractivity (Wildman–Crippen MR) is 63.6 cm³/mol. The van der Waals surface area contributed by atoms with Gasteiger partial charge in [-0.15, -0.1) is 0 Å². The van der Waals surface area contributed by atoms with E-state index >= 15 is 0 Å². The first kappa shape index (κ1) is 11.4. The number of hydrogen-bond donors (Lipinski definition) is 1. The van der Waals surface area contributed by atoms with Crippen molar-refractivity contribution in [3.8, 4) is 0 Å². The molecule has 0 saturated heterocycles. The molecule has 0 aliphatic heterocycles. The summed E-state index contributed by atoms with van der Waals surface area (Å²) in [5.74, 6) is 3.22. The fourth-order valence-electron chi connectivity index (χ4n) is 3.80. The summed E-state index contributed by atoms with van der Waals surface area (Å²) in [4.78, 5) is 0. The molecule has 2 bridgehead atoms. The van der Waals surface area contributed by atoms with Crippen LogP contribution in [0, 0.1) is 23.7 Å². The van der Waals surface area contributed by atoms with Gasteiger partial charge in [0.1, 0.15) is 0 Å². The fraction of sp³-hybridized carbons (Fsp3) is 1.00. The molecule has 5 unspecified atom stereocenters. The van der Waals surface area contributed by atoms with E-state index in [1.165, 1.54) is 25.7 Å². The Labute approximate surface area is 94.3 Å². The summed E-state index contributed by atoms with van der Waals surface area (Å²) in [5, 5.41) is 10.5. The Morgan fingerprint density at radius 2 is 2.07 bits per heavy atom. The third kappa shape index (κ3) is 2.22. The van der Waals surface area contributed by atoms with Crippen molar-refractivity contribution in [3.05, 3.63) is 0 Å². The molecule has 0 aromatic carbocycles. The van der Waals surface area contributed by atoms with Crippen LogP contribution in [0.25, 0.3) is 0 Å². The molecular weight excluding hydrogens is 184 g/mol. The molecule has 0 heterocycles. The van der Waals surface area contributed by atoms with Gasteiger partial charge in [-0.2, -0.15) is 0 Å². The molecule has 15 heavy (non-hydrogen) atoms. The summed E-state index contributed by atoms with van der Waals surface area (Å²) in [7, 11) is 0. The minimum atomic E-state index is -0.427. The van der Waals surface area contributed by atoms with Crippen LogP contribution in [0.3, 0.4) is 0 Å². The second kappa shape index (κ2) is 4.08. The van der Waals surface area contributed by atoms with Crippen LogP contribution in [-0.2, 0) is 0 Å². The third-order valence-electron chi connectivity index (χ3n) is 5.23. The molecule has 2 saturated carbocycles. The monoisotopic (exact) mass is 210 g/mol. The zero-order valence-electron chi connectivity index (χ0n) is 10.5. The van der Waals surface area contributed by atoms with E-state index in [-0.39, 0.29) is 0 Å². The number of hydrogen-bond acceptors (Lipinski definition) is 1. The zero-order chi connectivity index (χ0) is 11.1. The number of aliphatic hydroxyl groups is 1. The van der Waals surface area contributed by atoms with Crippen molar-refractivity contribution >= 4 is 0 Å². The summed E-state index contributed by atoms with van der Waals surface area (Å²) in [6.07, 6.45) is 7.90. The SMILES string of the molecule is CCC(C)C(C)(O)CC1CC2CCC1C2. The fourth-order valence-corrected chi connectivity index (χ4v) is 3.80. The van der Waals surface area contributed by atoms with Crippen molar-refractivity contribution in [1.82, 2.24) is 0 Å². The summed E-state index contributed by atoms with van der Waals surface area (Å²) >= 11 is 0. The molecule has 2 aliphatic rings. The van der Waals surface area contributed by atoms with Gasteiger partial charge in [-0.05, 0) is 56.3 Å². The molecule has 2 rings (SSSR count). The maximum atomic E-state index is 10.5. The van der Waals surface area contributed by atoms with Crippen LogP contribution in [0.2, 0.25) is 0 Å². The van der Waals surface area contributed by atoms with Crippen LogP contribution in [0.1, 0.15) is 59.3 Å². The second-order valence-electron chi connectivity index (χ2n) is 6.31. The lowest BCUT2D eigenvalue weighted by Gasteiger charge is -2.35. The quantitative estimate of drug-likeness (QED) is 0.751. The van der Waals surface area contributed by atoms with Crippen molar-refractivity contribution in [1.29, 1.82) is 0 Å². The Balaban J connectivity index is 1.91. The average Bonchev–Trinajstić information content (AvgIpc) is 2.77. The van der Waals surface area contributed by atoms with Crippen LogP contribution in [0.5, 0.6) is 0 Å². The van der Waals surface area contributed by atoms with E-state index in [4.69, 9.17) is 0 Å². The van der Waals surface area contributed by atoms with Gasteiger partial charge in [0.25, 0.3) is 0 Å². The van der Waals surface area contributed by atoms with Gasteiger partial charge in [0.2, 0.25) is 0 Å². The molecule has 0 aromatic heterocycles. The smallest absolute Gasteiger partial charge is 0.0647 e. The van der Waals surface area contributed by atoms with Gasteiger partial charge in [-0.3, -0.25) is 0 Å². The van der Waals surface area contributed by atoms with Crippen molar-refractivity contribution in [2.45, 2.75) is 64.9 Å². The van der Waals surface area contributed by atoms with Gasteiger partial charge >= 0.3 is 0 Å². The Morgan fingerprint density at radius 1 is 1.33 bits per heavy atom. The molecule has 88 valence electrons. The van der Waals surface area contributed by atoms with Crippen molar-refractivity contribution in [2.24, 2.45) is 23.7 Å². The first-order valence-electron chi connectivity index (χ1n) is 6.75. The normalized spacial score (nSPS) is 40.4. The molecule has 0 radical (unpaired) electrons. The highest BCUT2D eigenvalue weighted by Crippen LogP contribution is 2.51. The van der Waals surface area contributed by atoms with E-state index in [1.807, 2.05) is 6.92 Å². The van der Waals surface area contributed by atoms with E-state index in [1.54, 1.807) is 0 Å². The minimum Gasteiger partial charge on any atom is -0.390 e. The maximum absolute atomic E-state index is 10.5. The highest BCUT2D eigenvalue weighted by atomic mass is 16.3. The molecule has 5 atom stereocenters. The lowest BCUT2D eigenvalue weighted by Crippen LogP contribution is -2.36. The van der Waals surface area contributed by atoms with Crippen LogP contribution >= 0.6 is 0 Å². The summed E-state index contributed by atoms with van der Waals surface area (Å²) < 4.78 is 0. The van der Waals surface area contributed by atoms with Crippen molar-refractivity contribution in [3.63, 3.8) is 0 Å². The predicted octanol–water partition coefficient (Wildman–Crippen LogP) is 3.61. The highest BCUT2D eigenvalue weighted by Gasteiger charge is 2.42. The van der Waals surface area contributed by atoms with Crippen LogP contribution < -0.4 is 0 Å². The van der Waals surface area contributed by atoms with Gasteiger partial charge in [-0.1, -0.05) is 26.7 Å². The first-order valence-corrected chi connectivity index (χ1v) is 6.75. The zero-order valence-corrected chi connectivity index (χ0v) is 10.5. The summed E-state index contributed by atoms with van der Waals surface area (Å²) in [5.41, 5.74) is -0.427. The summed E-state index contributed by atoms with van der Waals surface area (Å²) in [6.45, 7) is 6.42. The van der Waals surface area contributed by atoms with E-state index in [9.17, 15) is 5.11 Å². The van der Waals surface area contributed by atoms with E-state index < -0.39 is 5.60 Å². The molecular formula is C14H26O. The molecule has 0 aromatic rings. The Hall–Kier alpha value is -0.0400. The molecule has 2 fully saturated rings. The van der Waals surface area contributed by atoms with Gasteiger partial charge in [0.15, 0.2) is 0 Å². The van der Waals surface area contributed by atoms with E-state index in [0.717, 1.165) is 30.6 Å². The Kier molecular flexibility index (Phi) is 3.12. The van der Waals surface area contributed by atoms with Gasteiger partial charge in [-0.25, -0.2) is 0 Å². The van der Waals surface area contributed by atoms with Crippen molar-refractivity contribution < 1.29 is 5.11 Å². The minimum absolute atomic E-state index is 0.427. The lowest BCUT2D eigenvalue weighted by molar-refractivity contribution is -0.0238. The van der Waals surface area contributed by atoms with E-state index in [0.29, 0.717) is 5.92 Å². The molecule has 2 aliphatic carbocycles. The molecule has 1 heteroatoms. The number of rotatable bonds is 4. The van der Waals surface area contributed by atoms with Crippen LogP contribution in [0.4, 0.5) is 0 Å². The average molecular weight is 210 g/mol. The van der Waals surface area contributed by atoms with Gasteiger partial charge in [0.05, 0.1) is 5.60 Å². The van der Waals surface area contributed by atoms with Gasteiger partial charge < -0.3 is 5.11 Å².